The van der Waals surface area contributed by atoms with Gasteiger partial charge >= 0.3 is 0 Å². The lowest BCUT2D eigenvalue weighted by atomic mass is 9.95. The summed E-state index contributed by atoms with van der Waals surface area (Å²) in [6.45, 7) is 3.30. The zero-order valence-corrected chi connectivity index (χ0v) is 11.8. The summed E-state index contributed by atoms with van der Waals surface area (Å²) in [6, 6.07) is 6.31. The number of nitrogens with two attached hydrogens (primary N) is 1. The molecule has 0 aromatic heterocycles. The van der Waals surface area contributed by atoms with Gasteiger partial charge in [-0.1, -0.05) is 24.6 Å². The lowest BCUT2D eigenvalue weighted by Crippen LogP contribution is -2.47. The molecule has 20 heavy (non-hydrogen) atoms. The van der Waals surface area contributed by atoms with E-state index in [1.807, 2.05) is 0 Å². The topological polar surface area (TPSA) is 55.6 Å². The minimum atomic E-state index is -0.183. The van der Waals surface area contributed by atoms with E-state index < -0.39 is 0 Å². The first-order valence-electron chi connectivity index (χ1n) is 7.46. The second kappa shape index (κ2) is 5.94. The Morgan fingerprint density at radius 2 is 2.30 bits per heavy atom. The Morgan fingerprint density at radius 3 is 3.15 bits per heavy atom. The molecule has 4 heteroatoms. The van der Waals surface area contributed by atoms with Gasteiger partial charge in [0.05, 0.1) is 19.3 Å². The Bertz CT molecular complexity index is 501. The van der Waals surface area contributed by atoms with Crippen LogP contribution in [0.2, 0.25) is 0 Å². The largest absolute Gasteiger partial charge is 0.376 e. The van der Waals surface area contributed by atoms with Crippen LogP contribution in [0.25, 0.3) is 0 Å². The quantitative estimate of drug-likeness (QED) is 0.911. The zero-order chi connectivity index (χ0) is 13.9. The number of benzene rings is 1. The second-order valence-electron chi connectivity index (χ2n) is 5.74. The highest BCUT2D eigenvalue weighted by molar-refractivity contribution is 5.79. The van der Waals surface area contributed by atoms with E-state index in [0.29, 0.717) is 6.61 Å². The first-order valence-corrected chi connectivity index (χ1v) is 7.46. The van der Waals surface area contributed by atoms with Gasteiger partial charge in [0.15, 0.2) is 0 Å². The van der Waals surface area contributed by atoms with Crippen LogP contribution in [0.5, 0.6) is 0 Å². The molecular formula is C16H22N2O2. The molecule has 1 amide bonds. The Balaban J connectivity index is 1.81. The molecule has 108 valence electrons. The van der Waals surface area contributed by atoms with Gasteiger partial charge in [-0.25, -0.2) is 0 Å². The van der Waals surface area contributed by atoms with Gasteiger partial charge in [-0.2, -0.15) is 0 Å². The van der Waals surface area contributed by atoms with E-state index >= 15 is 0 Å². The number of hydrogen-bond acceptors (Lipinski definition) is 3. The normalized spacial score (nSPS) is 23.3. The van der Waals surface area contributed by atoms with Crippen LogP contribution in [-0.2, 0) is 29.1 Å². The lowest BCUT2D eigenvalue weighted by Gasteiger charge is -2.34. The maximum absolute atomic E-state index is 11.6. The molecular weight excluding hydrogens is 252 g/mol. The summed E-state index contributed by atoms with van der Waals surface area (Å²) in [7, 11) is 0. The first-order chi connectivity index (χ1) is 9.75. The molecule has 2 heterocycles. The highest BCUT2D eigenvalue weighted by Crippen LogP contribution is 2.25. The third-order valence-corrected chi connectivity index (χ3v) is 4.44. The number of amides is 1. The number of carbonyl (C=O) groups excluding carboxylic acids is 1. The van der Waals surface area contributed by atoms with Crippen LogP contribution in [0.4, 0.5) is 0 Å². The summed E-state index contributed by atoms with van der Waals surface area (Å²) < 4.78 is 5.51. The minimum Gasteiger partial charge on any atom is -0.376 e. The van der Waals surface area contributed by atoms with Crippen molar-refractivity contribution in [3.63, 3.8) is 0 Å². The summed E-state index contributed by atoms with van der Waals surface area (Å²) in [4.78, 5) is 13.9. The predicted octanol–water partition coefficient (Wildman–Crippen LogP) is 1.60. The van der Waals surface area contributed by atoms with Crippen LogP contribution in [0.1, 0.15) is 36.0 Å². The van der Waals surface area contributed by atoms with Crippen molar-refractivity contribution >= 4 is 5.91 Å². The molecule has 1 aromatic rings. The average molecular weight is 274 g/mol. The van der Waals surface area contributed by atoms with Crippen LogP contribution in [0.15, 0.2) is 18.2 Å². The van der Waals surface area contributed by atoms with Crippen molar-refractivity contribution in [2.45, 2.75) is 44.9 Å². The van der Waals surface area contributed by atoms with Gasteiger partial charge < -0.3 is 10.5 Å². The van der Waals surface area contributed by atoms with Crippen LogP contribution in [0.3, 0.4) is 0 Å². The maximum Gasteiger partial charge on any atom is 0.234 e. The number of likely N-dealkylation sites (tertiary alicyclic amines) is 1. The second-order valence-corrected chi connectivity index (χ2v) is 5.74. The molecule has 0 aliphatic carbocycles. The van der Waals surface area contributed by atoms with Gasteiger partial charge in [0, 0.05) is 6.54 Å². The van der Waals surface area contributed by atoms with Crippen molar-refractivity contribution < 1.29 is 9.53 Å². The van der Waals surface area contributed by atoms with Crippen molar-refractivity contribution in [1.82, 2.24) is 4.90 Å². The highest BCUT2D eigenvalue weighted by Gasteiger charge is 2.27. The van der Waals surface area contributed by atoms with Gasteiger partial charge in [-0.3, -0.25) is 9.69 Å². The maximum atomic E-state index is 11.6. The molecule has 1 aromatic carbocycles. The fraction of sp³-hybridized carbons (Fsp3) is 0.562. The molecule has 0 spiro atoms. The molecule has 0 radical (unpaired) electrons. The Kier molecular flexibility index (Phi) is 4.03. The van der Waals surface area contributed by atoms with E-state index in [1.165, 1.54) is 16.7 Å². The number of primary amides is 1. The smallest absolute Gasteiger partial charge is 0.234 e. The summed E-state index contributed by atoms with van der Waals surface area (Å²) in [5.74, 6) is -0.183. The molecule has 1 saturated heterocycles. The standard InChI is InChI=1S/C16H22N2O2/c17-16(19)15-6-1-2-8-18(15)10-12-4-3-5-13-11-20-9-7-14(12)13/h3-5,15H,1-2,6-11H2,(H2,17,19). The molecule has 0 bridgehead atoms. The summed E-state index contributed by atoms with van der Waals surface area (Å²) in [5.41, 5.74) is 9.58. The molecule has 2 aliphatic heterocycles. The monoisotopic (exact) mass is 274 g/mol. The number of carbonyl (C=O) groups is 1. The molecule has 4 nitrogen and oxygen atoms in total. The zero-order valence-electron chi connectivity index (χ0n) is 11.8. The molecule has 2 aliphatic rings. The summed E-state index contributed by atoms with van der Waals surface area (Å²) >= 11 is 0. The fourth-order valence-electron chi connectivity index (χ4n) is 3.37. The van der Waals surface area contributed by atoms with Crippen molar-refractivity contribution in [3.05, 3.63) is 34.9 Å². The van der Waals surface area contributed by atoms with Crippen LogP contribution >= 0.6 is 0 Å². The number of hydrogen-bond donors (Lipinski definition) is 1. The van der Waals surface area contributed by atoms with Gasteiger partial charge in [0.1, 0.15) is 0 Å². The number of piperidine rings is 1. The molecule has 1 atom stereocenters. The van der Waals surface area contributed by atoms with Crippen LogP contribution in [-0.4, -0.2) is 30.0 Å². The van der Waals surface area contributed by atoms with Crippen molar-refractivity contribution in [3.8, 4) is 0 Å². The molecule has 2 N–H and O–H groups in total. The third-order valence-electron chi connectivity index (χ3n) is 4.44. The lowest BCUT2D eigenvalue weighted by molar-refractivity contribution is -0.124. The number of ether oxygens (including phenoxy) is 1. The summed E-state index contributed by atoms with van der Waals surface area (Å²) in [5, 5.41) is 0. The van der Waals surface area contributed by atoms with E-state index in [1.54, 1.807) is 0 Å². The van der Waals surface area contributed by atoms with Gasteiger partial charge in [-0.15, -0.1) is 0 Å². The van der Waals surface area contributed by atoms with E-state index in [4.69, 9.17) is 10.5 Å². The SMILES string of the molecule is NC(=O)C1CCCCN1Cc1cccc2c1CCOC2. The highest BCUT2D eigenvalue weighted by atomic mass is 16.5. The molecule has 1 unspecified atom stereocenters. The van der Waals surface area contributed by atoms with Gasteiger partial charge in [-0.05, 0) is 42.5 Å². The van der Waals surface area contributed by atoms with E-state index in [0.717, 1.165) is 45.4 Å². The van der Waals surface area contributed by atoms with E-state index in [2.05, 4.69) is 23.1 Å². The van der Waals surface area contributed by atoms with Crippen LogP contribution in [0, 0.1) is 0 Å². The van der Waals surface area contributed by atoms with Crippen molar-refractivity contribution in [1.29, 1.82) is 0 Å². The molecule has 1 fully saturated rings. The van der Waals surface area contributed by atoms with E-state index in [-0.39, 0.29) is 11.9 Å². The Hall–Kier alpha value is -1.39. The predicted molar refractivity (Wildman–Crippen MR) is 77.0 cm³/mol. The minimum absolute atomic E-state index is 0.0977. The number of fused-ring (bicyclic) bond motifs is 1. The fourth-order valence-corrected chi connectivity index (χ4v) is 3.37. The van der Waals surface area contributed by atoms with Gasteiger partial charge in [0.25, 0.3) is 0 Å². The average Bonchev–Trinajstić information content (AvgIpc) is 2.48. The van der Waals surface area contributed by atoms with Gasteiger partial charge in [0.2, 0.25) is 5.91 Å². The van der Waals surface area contributed by atoms with E-state index in [9.17, 15) is 4.79 Å². The van der Waals surface area contributed by atoms with Crippen molar-refractivity contribution in [2.24, 2.45) is 5.73 Å². The Labute approximate surface area is 119 Å². The third kappa shape index (κ3) is 2.72. The van der Waals surface area contributed by atoms with Crippen LogP contribution < -0.4 is 5.73 Å². The number of nitrogens with zero attached hydrogens (tertiary/aromatic N) is 1. The molecule has 0 saturated carbocycles. The Morgan fingerprint density at radius 1 is 1.40 bits per heavy atom. The van der Waals surface area contributed by atoms with Crippen molar-refractivity contribution in [2.75, 3.05) is 13.2 Å². The first kappa shape index (κ1) is 13.6. The molecule has 3 rings (SSSR count). The summed E-state index contributed by atoms with van der Waals surface area (Å²) in [6.07, 6.45) is 4.13. The number of rotatable bonds is 3.